The summed E-state index contributed by atoms with van der Waals surface area (Å²) in [7, 11) is 0. The molecule has 2 unspecified atom stereocenters. The summed E-state index contributed by atoms with van der Waals surface area (Å²) in [6.45, 7) is 4.12. The molecule has 1 fully saturated rings. The van der Waals surface area contributed by atoms with Gasteiger partial charge in [0.1, 0.15) is 5.54 Å². The summed E-state index contributed by atoms with van der Waals surface area (Å²) in [5.74, 6) is 0. The fourth-order valence-corrected chi connectivity index (χ4v) is 3.79. The number of nitrogens with zero attached hydrogens (tertiary/aromatic N) is 1. The fourth-order valence-electron chi connectivity index (χ4n) is 2.21. The molecule has 1 aliphatic carbocycles. The van der Waals surface area contributed by atoms with E-state index in [0.29, 0.717) is 21.3 Å². The van der Waals surface area contributed by atoms with E-state index in [-0.39, 0.29) is 0 Å². The Morgan fingerprint density at radius 1 is 1.45 bits per heavy atom. The molecular weight excluding hydrogens is 311 g/mol. The number of nitriles is 1. The maximum Gasteiger partial charge on any atom is 0.105 e. The zero-order valence-corrected chi connectivity index (χ0v) is 13.9. The van der Waals surface area contributed by atoms with E-state index >= 15 is 0 Å². The van der Waals surface area contributed by atoms with Gasteiger partial charge in [-0.15, -0.1) is 11.8 Å². The Kier molecular flexibility index (Phi) is 5.25. The predicted molar refractivity (Wildman–Crippen MR) is 86.6 cm³/mol. The predicted octanol–water partition coefficient (Wildman–Crippen LogP) is 4.90. The number of nitrogens with one attached hydrogen (secondary N) is 1. The van der Waals surface area contributed by atoms with Crippen LogP contribution in [-0.2, 0) is 0 Å². The largest absolute Gasteiger partial charge is 0.297 e. The molecule has 2 rings (SSSR count). The average molecular weight is 329 g/mol. The lowest BCUT2D eigenvalue weighted by Gasteiger charge is -2.26. The van der Waals surface area contributed by atoms with Crippen molar-refractivity contribution in [2.24, 2.45) is 0 Å². The molecule has 0 aliphatic heterocycles. The molecule has 1 N–H and O–H groups in total. The highest BCUT2D eigenvalue weighted by molar-refractivity contribution is 8.00. The van der Waals surface area contributed by atoms with Crippen LogP contribution >= 0.6 is 35.0 Å². The summed E-state index contributed by atoms with van der Waals surface area (Å²) in [6.07, 6.45) is 3.17. The molecule has 5 heteroatoms. The minimum Gasteiger partial charge on any atom is -0.297 e. The molecule has 1 aliphatic rings. The molecule has 1 aromatic carbocycles. The number of halogens is 2. The Bertz CT molecular complexity index is 525. The zero-order valence-electron chi connectivity index (χ0n) is 11.6. The smallest absolute Gasteiger partial charge is 0.105 e. The van der Waals surface area contributed by atoms with E-state index in [1.54, 1.807) is 11.8 Å². The highest BCUT2D eigenvalue weighted by Crippen LogP contribution is 2.33. The molecule has 0 radical (unpaired) electrons. The van der Waals surface area contributed by atoms with Crippen molar-refractivity contribution in [3.05, 3.63) is 28.2 Å². The highest BCUT2D eigenvalue weighted by Gasteiger charge is 2.33. The van der Waals surface area contributed by atoms with Crippen LogP contribution in [0.3, 0.4) is 0 Å². The molecule has 0 saturated heterocycles. The summed E-state index contributed by atoms with van der Waals surface area (Å²) < 4.78 is 0. The summed E-state index contributed by atoms with van der Waals surface area (Å²) in [4.78, 5) is 1.08. The Morgan fingerprint density at radius 2 is 2.15 bits per heavy atom. The highest BCUT2D eigenvalue weighted by atomic mass is 35.5. The van der Waals surface area contributed by atoms with Gasteiger partial charge in [0.25, 0.3) is 0 Å². The molecule has 2 atom stereocenters. The summed E-state index contributed by atoms with van der Waals surface area (Å²) >= 11 is 13.7. The monoisotopic (exact) mass is 328 g/mol. The van der Waals surface area contributed by atoms with Crippen molar-refractivity contribution in [3.8, 4) is 6.07 Å². The maximum atomic E-state index is 9.40. The van der Waals surface area contributed by atoms with Crippen LogP contribution in [0, 0.1) is 11.3 Å². The van der Waals surface area contributed by atoms with Gasteiger partial charge in [-0.25, -0.2) is 0 Å². The summed E-state index contributed by atoms with van der Waals surface area (Å²) in [5, 5.41) is 14.3. The molecule has 108 valence electrons. The van der Waals surface area contributed by atoms with E-state index < -0.39 is 5.54 Å². The Morgan fingerprint density at radius 3 is 2.70 bits per heavy atom. The third-order valence-corrected chi connectivity index (χ3v) is 5.11. The lowest BCUT2D eigenvalue weighted by molar-refractivity contribution is 0.415. The first-order valence-electron chi connectivity index (χ1n) is 6.72. The van der Waals surface area contributed by atoms with Crippen molar-refractivity contribution in [2.45, 2.75) is 54.8 Å². The first-order valence-corrected chi connectivity index (χ1v) is 8.36. The second-order valence-electron chi connectivity index (χ2n) is 5.57. The lowest BCUT2D eigenvalue weighted by Crippen LogP contribution is -2.44. The average Bonchev–Trinajstić information content (AvgIpc) is 3.17. The SMILES string of the molecule is CC(CC(C)(C#N)NC1CC1)Sc1ccc(Cl)c(Cl)c1. The van der Waals surface area contributed by atoms with Gasteiger partial charge in [-0.1, -0.05) is 30.1 Å². The normalized spacial score (nSPS) is 19.1. The number of hydrogen-bond donors (Lipinski definition) is 1. The van der Waals surface area contributed by atoms with Gasteiger partial charge in [0.15, 0.2) is 0 Å². The fraction of sp³-hybridized carbons (Fsp3) is 0.533. The lowest BCUT2D eigenvalue weighted by atomic mass is 9.98. The first kappa shape index (κ1) is 16.0. The number of rotatable bonds is 6. The summed E-state index contributed by atoms with van der Waals surface area (Å²) in [6, 6.07) is 8.60. The van der Waals surface area contributed by atoms with Gasteiger partial charge in [-0.05, 0) is 44.4 Å². The van der Waals surface area contributed by atoms with Crippen LogP contribution in [0.5, 0.6) is 0 Å². The van der Waals surface area contributed by atoms with Gasteiger partial charge in [0, 0.05) is 16.2 Å². The molecule has 0 aromatic heterocycles. The van der Waals surface area contributed by atoms with Crippen molar-refractivity contribution in [1.29, 1.82) is 5.26 Å². The van der Waals surface area contributed by atoms with Gasteiger partial charge >= 0.3 is 0 Å². The third kappa shape index (κ3) is 4.56. The van der Waals surface area contributed by atoms with Crippen LogP contribution in [0.2, 0.25) is 10.0 Å². The molecule has 20 heavy (non-hydrogen) atoms. The van der Waals surface area contributed by atoms with E-state index in [1.807, 2.05) is 25.1 Å². The second kappa shape index (κ2) is 6.58. The van der Waals surface area contributed by atoms with Gasteiger partial charge in [-0.3, -0.25) is 5.32 Å². The van der Waals surface area contributed by atoms with Crippen LogP contribution in [0.1, 0.15) is 33.1 Å². The van der Waals surface area contributed by atoms with Crippen molar-refractivity contribution in [3.63, 3.8) is 0 Å². The van der Waals surface area contributed by atoms with Crippen molar-refractivity contribution < 1.29 is 0 Å². The van der Waals surface area contributed by atoms with Crippen molar-refractivity contribution >= 4 is 35.0 Å². The van der Waals surface area contributed by atoms with Crippen LogP contribution in [0.25, 0.3) is 0 Å². The minimum absolute atomic E-state index is 0.322. The molecule has 0 heterocycles. The Labute approximate surface area is 134 Å². The minimum atomic E-state index is -0.455. The topological polar surface area (TPSA) is 35.8 Å². The van der Waals surface area contributed by atoms with Gasteiger partial charge < -0.3 is 0 Å². The van der Waals surface area contributed by atoms with E-state index in [4.69, 9.17) is 23.2 Å². The zero-order chi connectivity index (χ0) is 14.8. The molecule has 0 bridgehead atoms. The number of thioether (sulfide) groups is 1. The van der Waals surface area contributed by atoms with Crippen LogP contribution in [0.15, 0.2) is 23.1 Å². The van der Waals surface area contributed by atoms with Crippen molar-refractivity contribution in [2.75, 3.05) is 0 Å². The molecule has 2 nitrogen and oxygen atoms in total. The first-order chi connectivity index (χ1) is 9.42. The van der Waals surface area contributed by atoms with Crippen LogP contribution < -0.4 is 5.32 Å². The number of hydrogen-bond acceptors (Lipinski definition) is 3. The molecular formula is C15H18Cl2N2S. The molecule has 1 aromatic rings. The van der Waals surface area contributed by atoms with Gasteiger partial charge in [0.05, 0.1) is 16.1 Å². The van der Waals surface area contributed by atoms with Gasteiger partial charge in [0.2, 0.25) is 0 Å². The van der Waals surface area contributed by atoms with E-state index in [9.17, 15) is 5.26 Å². The third-order valence-electron chi connectivity index (χ3n) is 3.27. The number of benzene rings is 1. The van der Waals surface area contributed by atoms with Crippen LogP contribution in [-0.4, -0.2) is 16.8 Å². The Balaban J connectivity index is 1.95. The standard InChI is InChI=1S/C15H18Cl2N2S/c1-10(8-15(2,9-18)19-11-3-4-11)20-12-5-6-13(16)14(17)7-12/h5-7,10-11,19H,3-4,8H2,1-2H3. The van der Waals surface area contributed by atoms with Gasteiger partial charge in [-0.2, -0.15) is 5.26 Å². The van der Waals surface area contributed by atoms with Crippen LogP contribution in [0.4, 0.5) is 0 Å². The van der Waals surface area contributed by atoms with Crippen molar-refractivity contribution in [1.82, 2.24) is 5.32 Å². The summed E-state index contributed by atoms with van der Waals surface area (Å²) in [5.41, 5.74) is -0.455. The second-order valence-corrected chi connectivity index (χ2v) is 7.90. The Hall–Kier alpha value is -0.400. The molecule has 0 spiro atoms. The van der Waals surface area contributed by atoms with E-state index in [1.165, 1.54) is 12.8 Å². The maximum absolute atomic E-state index is 9.40. The van der Waals surface area contributed by atoms with E-state index in [2.05, 4.69) is 18.3 Å². The quantitative estimate of drug-likeness (QED) is 0.754. The van der Waals surface area contributed by atoms with E-state index in [0.717, 1.165) is 11.3 Å². The molecule has 1 saturated carbocycles. The molecule has 0 amide bonds.